The van der Waals surface area contributed by atoms with Crippen LogP contribution in [0.2, 0.25) is 0 Å². The third-order valence-corrected chi connectivity index (χ3v) is 2.50. The van der Waals surface area contributed by atoms with Gasteiger partial charge in [-0.1, -0.05) is 6.07 Å². The van der Waals surface area contributed by atoms with Crippen molar-refractivity contribution in [2.45, 2.75) is 0 Å². The van der Waals surface area contributed by atoms with Gasteiger partial charge in [0.2, 0.25) is 0 Å². The van der Waals surface area contributed by atoms with Crippen molar-refractivity contribution in [2.24, 2.45) is 0 Å². The third-order valence-electron chi connectivity index (χ3n) is 1.66. The number of thiophene rings is 1. The highest BCUT2D eigenvalue weighted by molar-refractivity contribution is 7.10. The average Bonchev–Trinajstić information content (AvgIpc) is 2.87. The van der Waals surface area contributed by atoms with Gasteiger partial charge in [0, 0.05) is 23.3 Å². The van der Waals surface area contributed by atoms with Gasteiger partial charge in [0.25, 0.3) is 5.91 Å². The lowest BCUT2D eigenvalue weighted by Crippen LogP contribution is -2.06. The van der Waals surface area contributed by atoms with E-state index >= 15 is 0 Å². The van der Waals surface area contributed by atoms with Crippen molar-refractivity contribution >= 4 is 23.3 Å². The summed E-state index contributed by atoms with van der Waals surface area (Å²) in [5.74, 6) is -0.136. The molecule has 2 heterocycles. The highest BCUT2D eigenvalue weighted by Gasteiger charge is 1.97. The maximum absolute atomic E-state index is 11.4. The molecule has 0 amide bonds. The molecule has 0 saturated heterocycles. The number of hydrogen-bond acceptors (Lipinski definition) is 3. The summed E-state index contributed by atoms with van der Waals surface area (Å²) in [6.45, 7) is 0. The van der Waals surface area contributed by atoms with Crippen LogP contribution in [-0.2, 0) is 0 Å². The molecular formula is C10H8N2OS. The zero-order chi connectivity index (χ0) is 9.80. The Kier molecular flexibility index (Phi) is 2.55. The topological polar surface area (TPSA) is 34.9 Å². The van der Waals surface area contributed by atoms with E-state index in [9.17, 15) is 4.79 Å². The van der Waals surface area contributed by atoms with Crippen LogP contribution in [0.25, 0.3) is 6.08 Å². The Morgan fingerprint density at radius 2 is 2.43 bits per heavy atom. The monoisotopic (exact) mass is 204 g/mol. The number of carbonyl (C=O) groups is 1. The van der Waals surface area contributed by atoms with Gasteiger partial charge in [0.15, 0.2) is 0 Å². The van der Waals surface area contributed by atoms with Crippen molar-refractivity contribution < 1.29 is 4.79 Å². The van der Waals surface area contributed by atoms with Crippen molar-refractivity contribution in [1.29, 1.82) is 0 Å². The van der Waals surface area contributed by atoms with Gasteiger partial charge in [-0.05, 0) is 23.6 Å². The molecule has 3 nitrogen and oxygen atoms in total. The molecule has 0 aliphatic heterocycles. The quantitative estimate of drug-likeness (QED) is 0.703. The molecule has 0 fully saturated rings. The lowest BCUT2D eigenvalue weighted by atomic mass is 10.4. The largest absolute Gasteiger partial charge is 0.270 e. The van der Waals surface area contributed by atoms with Crippen LogP contribution >= 0.6 is 11.3 Å². The minimum Gasteiger partial charge on any atom is -0.267 e. The second-order valence-corrected chi connectivity index (χ2v) is 3.62. The van der Waals surface area contributed by atoms with E-state index < -0.39 is 0 Å². The van der Waals surface area contributed by atoms with Crippen LogP contribution in [0.1, 0.15) is 9.67 Å². The summed E-state index contributed by atoms with van der Waals surface area (Å²) in [7, 11) is 0. The molecule has 14 heavy (non-hydrogen) atoms. The second kappa shape index (κ2) is 4.02. The molecule has 0 radical (unpaired) electrons. The average molecular weight is 204 g/mol. The Morgan fingerprint density at radius 3 is 3.07 bits per heavy atom. The van der Waals surface area contributed by atoms with E-state index in [0.29, 0.717) is 0 Å². The molecule has 0 atom stereocenters. The van der Waals surface area contributed by atoms with E-state index in [1.54, 1.807) is 35.9 Å². The van der Waals surface area contributed by atoms with Crippen LogP contribution < -0.4 is 0 Å². The Hall–Kier alpha value is -1.68. The fourth-order valence-electron chi connectivity index (χ4n) is 1.02. The molecule has 0 bridgehead atoms. The Balaban J connectivity index is 2.09. The Labute approximate surface area is 85.3 Å². The van der Waals surface area contributed by atoms with E-state index in [-0.39, 0.29) is 5.91 Å². The maximum atomic E-state index is 11.4. The molecule has 0 spiro atoms. The molecule has 0 saturated carbocycles. The van der Waals surface area contributed by atoms with Crippen molar-refractivity contribution in [1.82, 2.24) is 9.78 Å². The van der Waals surface area contributed by atoms with Crippen LogP contribution in [0, 0.1) is 0 Å². The number of nitrogens with zero attached hydrogens (tertiary/aromatic N) is 2. The van der Waals surface area contributed by atoms with Gasteiger partial charge in [0.1, 0.15) is 0 Å². The van der Waals surface area contributed by atoms with Gasteiger partial charge in [-0.3, -0.25) is 4.79 Å². The predicted molar refractivity (Wildman–Crippen MR) is 56.2 cm³/mol. The Bertz CT molecular complexity index is 429. The number of aromatic nitrogens is 2. The third kappa shape index (κ3) is 1.97. The molecule has 0 aliphatic rings. The van der Waals surface area contributed by atoms with E-state index in [4.69, 9.17) is 0 Å². The van der Waals surface area contributed by atoms with E-state index in [1.807, 2.05) is 17.5 Å². The Morgan fingerprint density at radius 1 is 1.50 bits per heavy atom. The van der Waals surface area contributed by atoms with Crippen LogP contribution in [0.4, 0.5) is 0 Å². The van der Waals surface area contributed by atoms with Crippen LogP contribution in [0.5, 0.6) is 0 Å². The van der Waals surface area contributed by atoms with E-state index in [2.05, 4.69) is 5.10 Å². The molecule has 2 aromatic rings. The fraction of sp³-hybridized carbons (Fsp3) is 0. The van der Waals surface area contributed by atoms with E-state index in [0.717, 1.165) is 4.88 Å². The zero-order valence-electron chi connectivity index (χ0n) is 7.33. The van der Waals surface area contributed by atoms with Crippen molar-refractivity contribution in [2.75, 3.05) is 0 Å². The zero-order valence-corrected chi connectivity index (χ0v) is 8.15. The van der Waals surface area contributed by atoms with Gasteiger partial charge in [-0.15, -0.1) is 11.3 Å². The fourth-order valence-corrected chi connectivity index (χ4v) is 1.63. The molecule has 2 aromatic heterocycles. The first-order chi connectivity index (χ1) is 6.86. The van der Waals surface area contributed by atoms with Gasteiger partial charge in [-0.2, -0.15) is 5.10 Å². The lowest BCUT2D eigenvalue weighted by molar-refractivity contribution is 0.0955. The molecule has 0 N–H and O–H groups in total. The molecule has 0 aliphatic carbocycles. The molecule has 70 valence electrons. The summed E-state index contributed by atoms with van der Waals surface area (Å²) >= 11 is 1.59. The first-order valence-corrected chi connectivity index (χ1v) is 5.00. The van der Waals surface area contributed by atoms with Crippen molar-refractivity contribution in [3.8, 4) is 0 Å². The van der Waals surface area contributed by atoms with Crippen LogP contribution in [0.3, 0.4) is 0 Å². The molecular weight excluding hydrogens is 196 g/mol. The highest BCUT2D eigenvalue weighted by Crippen LogP contribution is 2.10. The first kappa shape index (κ1) is 8.90. The first-order valence-electron chi connectivity index (χ1n) is 4.12. The van der Waals surface area contributed by atoms with Crippen molar-refractivity contribution in [3.05, 3.63) is 46.9 Å². The second-order valence-electron chi connectivity index (χ2n) is 2.64. The minimum atomic E-state index is -0.136. The minimum absolute atomic E-state index is 0.136. The maximum Gasteiger partial charge on any atom is 0.270 e. The number of hydrogen-bond donors (Lipinski definition) is 0. The molecule has 0 unspecified atom stereocenters. The smallest absolute Gasteiger partial charge is 0.267 e. The van der Waals surface area contributed by atoms with Gasteiger partial charge in [-0.25, -0.2) is 4.68 Å². The van der Waals surface area contributed by atoms with Crippen LogP contribution in [0.15, 0.2) is 42.0 Å². The van der Waals surface area contributed by atoms with Gasteiger partial charge >= 0.3 is 0 Å². The van der Waals surface area contributed by atoms with E-state index in [1.165, 1.54) is 10.8 Å². The number of rotatable bonds is 2. The SMILES string of the molecule is O=C(/C=C\c1cccs1)n1cccn1. The molecule has 0 aromatic carbocycles. The summed E-state index contributed by atoms with van der Waals surface area (Å²) in [5.41, 5.74) is 0. The van der Waals surface area contributed by atoms with Gasteiger partial charge < -0.3 is 0 Å². The summed E-state index contributed by atoms with van der Waals surface area (Å²) < 4.78 is 1.30. The summed E-state index contributed by atoms with van der Waals surface area (Å²) in [5, 5.41) is 5.81. The lowest BCUT2D eigenvalue weighted by Gasteiger charge is -1.91. The van der Waals surface area contributed by atoms with Gasteiger partial charge in [0.05, 0.1) is 0 Å². The van der Waals surface area contributed by atoms with Crippen molar-refractivity contribution in [3.63, 3.8) is 0 Å². The number of carbonyl (C=O) groups excluding carboxylic acids is 1. The molecule has 4 heteroatoms. The standard InChI is InChI=1S/C10H8N2OS/c13-10(12-7-2-6-11-12)5-4-9-3-1-8-14-9/h1-8H/b5-4-. The summed E-state index contributed by atoms with van der Waals surface area (Å²) in [6, 6.07) is 5.62. The predicted octanol–water partition coefficient (Wildman–Crippen LogP) is 2.30. The normalized spacial score (nSPS) is 10.9. The highest BCUT2D eigenvalue weighted by atomic mass is 32.1. The summed E-state index contributed by atoms with van der Waals surface area (Å²) in [4.78, 5) is 12.5. The summed E-state index contributed by atoms with van der Waals surface area (Å²) in [6.07, 6.45) is 6.51. The van der Waals surface area contributed by atoms with Crippen LogP contribution in [-0.4, -0.2) is 15.7 Å². The number of allylic oxidation sites excluding steroid dienone is 1. The molecule has 2 rings (SSSR count).